The van der Waals surface area contributed by atoms with E-state index in [1.54, 1.807) is 0 Å². The van der Waals surface area contributed by atoms with Crippen molar-refractivity contribution in [2.24, 2.45) is 0 Å². The first-order valence-electron chi connectivity index (χ1n) is 6.07. The molecular weight excluding hydrogens is 194 g/mol. The lowest BCUT2D eigenvalue weighted by atomic mass is 9.99. The Labute approximate surface area is 99.8 Å². The minimum atomic E-state index is 0.985. The molecule has 0 aromatic heterocycles. The van der Waals surface area contributed by atoms with E-state index in [1.807, 2.05) is 0 Å². The van der Waals surface area contributed by atoms with Crippen LogP contribution in [0.4, 0.5) is 5.69 Å². The smallest absolute Gasteiger partial charge is 0.0404 e. The molecule has 0 bridgehead atoms. The molecule has 0 aliphatic carbocycles. The number of hydrogen-bond acceptors (Lipinski definition) is 1. The first-order chi connectivity index (χ1) is 7.60. The maximum atomic E-state index is 4.03. The fraction of sp³-hybridized carbons (Fsp3) is 0.467. The molecule has 0 saturated carbocycles. The second kappa shape index (κ2) is 5.74. The molecule has 1 aromatic carbocycles. The second-order valence-corrected chi connectivity index (χ2v) is 4.38. The van der Waals surface area contributed by atoms with Crippen molar-refractivity contribution in [1.82, 2.24) is 0 Å². The average Bonchev–Trinajstić information content (AvgIpc) is 2.24. The standard InChI is InChI=1S/C15H23N/c1-6-16(7-2)15-10-8-9-13(5)14(15)11-12(3)4/h8-10H,3,6-7,11H2,1-2,4-5H3. The third-order valence-electron chi connectivity index (χ3n) is 2.97. The predicted molar refractivity (Wildman–Crippen MR) is 73.3 cm³/mol. The van der Waals surface area contributed by atoms with Crippen LogP contribution < -0.4 is 4.90 Å². The van der Waals surface area contributed by atoms with Crippen LogP contribution in [-0.4, -0.2) is 13.1 Å². The minimum absolute atomic E-state index is 0.985. The number of allylic oxidation sites excluding steroid dienone is 1. The van der Waals surface area contributed by atoms with Crippen LogP contribution in [0.2, 0.25) is 0 Å². The van der Waals surface area contributed by atoms with Gasteiger partial charge in [-0.3, -0.25) is 0 Å². The largest absolute Gasteiger partial charge is 0.372 e. The predicted octanol–water partition coefficient (Wildman–Crippen LogP) is 3.96. The van der Waals surface area contributed by atoms with Gasteiger partial charge in [-0.15, -0.1) is 0 Å². The topological polar surface area (TPSA) is 3.24 Å². The molecule has 0 saturated heterocycles. The van der Waals surface area contributed by atoms with Crippen molar-refractivity contribution >= 4 is 5.69 Å². The number of rotatable bonds is 5. The maximum absolute atomic E-state index is 4.03. The summed E-state index contributed by atoms with van der Waals surface area (Å²) in [5.41, 5.74) is 5.39. The van der Waals surface area contributed by atoms with E-state index in [4.69, 9.17) is 0 Å². The van der Waals surface area contributed by atoms with Crippen molar-refractivity contribution in [1.29, 1.82) is 0 Å². The molecule has 0 atom stereocenters. The van der Waals surface area contributed by atoms with Gasteiger partial charge in [0.25, 0.3) is 0 Å². The Hall–Kier alpha value is -1.24. The molecular formula is C15H23N. The number of hydrogen-bond donors (Lipinski definition) is 0. The molecule has 1 aromatic rings. The minimum Gasteiger partial charge on any atom is -0.372 e. The van der Waals surface area contributed by atoms with Gasteiger partial charge in [-0.25, -0.2) is 0 Å². The van der Waals surface area contributed by atoms with Crippen molar-refractivity contribution in [2.45, 2.75) is 34.1 Å². The van der Waals surface area contributed by atoms with Gasteiger partial charge >= 0.3 is 0 Å². The van der Waals surface area contributed by atoms with Crippen molar-refractivity contribution in [3.8, 4) is 0 Å². The molecule has 88 valence electrons. The van der Waals surface area contributed by atoms with E-state index in [0.29, 0.717) is 0 Å². The normalized spacial score (nSPS) is 10.2. The summed E-state index contributed by atoms with van der Waals surface area (Å²) in [5, 5.41) is 0. The molecule has 1 nitrogen and oxygen atoms in total. The zero-order chi connectivity index (χ0) is 12.1. The molecule has 0 aliphatic heterocycles. The summed E-state index contributed by atoms with van der Waals surface area (Å²) < 4.78 is 0. The van der Waals surface area contributed by atoms with Crippen molar-refractivity contribution in [2.75, 3.05) is 18.0 Å². The van der Waals surface area contributed by atoms with E-state index in [1.165, 1.54) is 22.4 Å². The van der Waals surface area contributed by atoms with Gasteiger partial charge < -0.3 is 4.90 Å². The van der Waals surface area contributed by atoms with Crippen LogP contribution in [0.15, 0.2) is 30.4 Å². The summed E-state index contributed by atoms with van der Waals surface area (Å²) in [5.74, 6) is 0. The molecule has 1 heteroatoms. The first-order valence-corrected chi connectivity index (χ1v) is 6.07. The Morgan fingerprint density at radius 1 is 1.25 bits per heavy atom. The Bertz CT molecular complexity index is 362. The lowest BCUT2D eigenvalue weighted by Crippen LogP contribution is -2.23. The van der Waals surface area contributed by atoms with Gasteiger partial charge in [0, 0.05) is 18.8 Å². The van der Waals surface area contributed by atoms with Crippen LogP contribution in [0.25, 0.3) is 0 Å². The van der Waals surface area contributed by atoms with Crippen LogP contribution in [-0.2, 0) is 6.42 Å². The number of benzene rings is 1. The highest BCUT2D eigenvalue weighted by molar-refractivity contribution is 5.57. The summed E-state index contributed by atoms with van der Waals surface area (Å²) >= 11 is 0. The third kappa shape index (κ3) is 2.88. The monoisotopic (exact) mass is 217 g/mol. The van der Waals surface area contributed by atoms with Crippen molar-refractivity contribution in [3.63, 3.8) is 0 Å². The summed E-state index contributed by atoms with van der Waals surface area (Å²) in [6.45, 7) is 14.8. The SMILES string of the molecule is C=C(C)Cc1c(C)cccc1N(CC)CC. The fourth-order valence-electron chi connectivity index (χ4n) is 2.08. The van der Waals surface area contributed by atoms with E-state index in [-0.39, 0.29) is 0 Å². The van der Waals surface area contributed by atoms with Crippen molar-refractivity contribution in [3.05, 3.63) is 41.5 Å². The summed E-state index contributed by atoms with van der Waals surface area (Å²) in [6.07, 6.45) is 0.985. The van der Waals surface area contributed by atoms with Crippen molar-refractivity contribution < 1.29 is 0 Å². The zero-order valence-electron chi connectivity index (χ0n) is 11.0. The van der Waals surface area contributed by atoms with E-state index in [9.17, 15) is 0 Å². The zero-order valence-corrected chi connectivity index (χ0v) is 11.0. The van der Waals surface area contributed by atoms with Crippen LogP contribution in [0, 0.1) is 6.92 Å². The second-order valence-electron chi connectivity index (χ2n) is 4.38. The van der Waals surface area contributed by atoms with Gasteiger partial charge in [0.2, 0.25) is 0 Å². The Morgan fingerprint density at radius 2 is 1.88 bits per heavy atom. The maximum Gasteiger partial charge on any atom is 0.0404 e. The lowest BCUT2D eigenvalue weighted by molar-refractivity contribution is 0.855. The third-order valence-corrected chi connectivity index (χ3v) is 2.97. The van der Waals surface area contributed by atoms with E-state index in [0.717, 1.165) is 19.5 Å². The van der Waals surface area contributed by atoms with Crippen LogP contribution in [0.1, 0.15) is 31.9 Å². The summed E-state index contributed by atoms with van der Waals surface area (Å²) in [7, 11) is 0. The van der Waals surface area contributed by atoms with Crippen LogP contribution >= 0.6 is 0 Å². The van der Waals surface area contributed by atoms with Gasteiger partial charge in [0.1, 0.15) is 0 Å². The van der Waals surface area contributed by atoms with Gasteiger partial charge in [0.05, 0.1) is 0 Å². The summed E-state index contributed by atoms with van der Waals surface area (Å²) in [6, 6.07) is 6.55. The average molecular weight is 217 g/mol. The van der Waals surface area contributed by atoms with Gasteiger partial charge in [-0.1, -0.05) is 24.3 Å². The molecule has 1 rings (SSSR count). The van der Waals surface area contributed by atoms with Gasteiger partial charge in [0.15, 0.2) is 0 Å². The molecule has 0 radical (unpaired) electrons. The highest BCUT2D eigenvalue weighted by Crippen LogP contribution is 2.25. The molecule has 0 fully saturated rings. The van der Waals surface area contributed by atoms with Crippen LogP contribution in [0.5, 0.6) is 0 Å². The quantitative estimate of drug-likeness (QED) is 0.675. The highest BCUT2D eigenvalue weighted by Gasteiger charge is 2.10. The van der Waals surface area contributed by atoms with E-state index >= 15 is 0 Å². The lowest BCUT2D eigenvalue weighted by Gasteiger charge is -2.25. The Kier molecular flexibility index (Phi) is 4.60. The van der Waals surface area contributed by atoms with Gasteiger partial charge in [-0.05, 0) is 51.3 Å². The van der Waals surface area contributed by atoms with E-state index < -0.39 is 0 Å². The molecule has 0 unspecified atom stereocenters. The summed E-state index contributed by atoms with van der Waals surface area (Å²) in [4.78, 5) is 2.41. The molecule has 0 aliphatic rings. The number of aryl methyl sites for hydroxylation is 1. The highest BCUT2D eigenvalue weighted by atomic mass is 15.1. The molecule has 0 heterocycles. The Balaban J connectivity index is 3.15. The van der Waals surface area contributed by atoms with Gasteiger partial charge in [-0.2, -0.15) is 0 Å². The van der Waals surface area contributed by atoms with E-state index in [2.05, 4.69) is 57.4 Å². The number of anilines is 1. The fourth-order valence-corrected chi connectivity index (χ4v) is 2.08. The molecule has 0 N–H and O–H groups in total. The Morgan fingerprint density at radius 3 is 2.38 bits per heavy atom. The number of nitrogens with zero attached hydrogens (tertiary/aromatic N) is 1. The van der Waals surface area contributed by atoms with Crippen LogP contribution in [0.3, 0.4) is 0 Å². The molecule has 16 heavy (non-hydrogen) atoms. The molecule has 0 amide bonds. The molecule has 0 spiro atoms. The first kappa shape index (κ1) is 12.8.